The van der Waals surface area contributed by atoms with E-state index in [4.69, 9.17) is 11.6 Å². The van der Waals surface area contributed by atoms with Gasteiger partial charge in [0.1, 0.15) is 5.69 Å². The highest BCUT2D eigenvalue weighted by atomic mass is 35.5. The van der Waals surface area contributed by atoms with Crippen molar-refractivity contribution in [1.29, 1.82) is 0 Å². The predicted molar refractivity (Wildman–Crippen MR) is 92.7 cm³/mol. The first kappa shape index (κ1) is 15.4. The van der Waals surface area contributed by atoms with Crippen LogP contribution in [0, 0.1) is 0 Å². The highest BCUT2D eigenvalue weighted by molar-refractivity contribution is 6.31. The number of carbonyl (C=O) groups is 1. The van der Waals surface area contributed by atoms with E-state index in [1.807, 2.05) is 49.4 Å². The number of aryl methyl sites for hydroxylation is 1. The average Bonchev–Trinajstić information content (AvgIpc) is 2.93. The second-order valence-electron chi connectivity index (χ2n) is 5.11. The summed E-state index contributed by atoms with van der Waals surface area (Å²) < 4.78 is 1.74. The number of aromatic nitrogens is 2. The molecule has 0 radical (unpaired) electrons. The second kappa shape index (κ2) is 6.71. The number of urea groups is 1. The molecule has 1 aromatic heterocycles. The zero-order valence-corrected chi connectivity index (χ0v) is 13.5. The molecule has 23 heavy (non-hydrogen) atoms. The summed E-state index contributed by atoms with van der Waals surface area (Å²) in [6.45, 7) is 3.00. The van der Waals surface area contributed by atoms with E-state index in [0.717, 1.165) is 23.0 Å². The number of halogens is 1. The monoisotopic (exact) mass is 328 g/mol. The number of fused-ring (bicyclic) bond motifs is 1. The first-order valence-electron chi connectivity index (χ1n) is 7.42. The van der Waals surface area contributed by atoms with Crippen LogP contribution >= 0.6 is 11.6 Å². The first-order valence-corrected chi connectivity index (χ1v) is 7.79. The largest absolute Gasteiger partial charge is 0.332 e. The van der Waals surface area contributed by atoms with Gasteiger partial charge in [0.25, 0.3) is 0 Å². The maximum atomic E-state index is 12.1. The molecule has 3 aromatic rings. The molecule has 118 valence electrons. The van der Waals surface area contributed by atoms with E-state index in [-0.39, 0.29) is 12.6 Å². The van der Waals surface area contributed by atoms with Gasteiger partial charge in [0.05, 0.1) is 17.3 Å². The van der Waals surface area contributed by atoms with Crippen LogP contribution in [-0.2, 0) is 13.1 Å². The maximum Gasteiger partial charge on any atom is 0.319 e. The minimum atomic E-state index is -0.288. The van der Waals surface area contributed by atoms with E-state index in [0.29, 0.717) is 10.7 Å². The van der Waals surface area contributed by atoms with Gasteiger partial charge in [-0.25, -0.2) is 4.79 Å². The Hall–Kier alpha value is -2.53. The summed E-state index contributed by atoms with van der Waals surface area (Å²) in [5, 5.41) is 12.6. The van der Waals surface area contributed by atoms with Crippen molar-refractivity contribution in [2.24, 2.45) is 0 Å². The lowest BCUT2D eigenvalue weighted by atomic mass is 10.1. The normalized spacial score (nSPS) is 10.7. The Morgan fingerprint density at radius 1 is 1.22 bits per heavy atom. The van der Waals surface area contributed by atoms with Gasteiger partial charge in [0, 0.05) is 18.1 Å². The lowest BCUT2D eigenvalue weighted by Crippen LogP contribution is -2.28. The number of benzene rings is 2. The van der Waals surface area contributed by atoms with Gasteiger partial charge in [0.15, 0.2) is 0 Å². The number of anilines is 1. The zero-order valence-electron chi connectivity index (χ0n) is 12.7. The fourth-order valence-electron chi connectivity index (χ4n) is 2.38. The summed E-state index contributed by atoms with van der Waals surface area (Å²) in [6, 6.07) is 13.4. The molecule has 0 aliphatic rings. The summed E-state index contributed by atoms with van der Waals surface area (Å²) in [6.07, 6.45) is 1.75. The SMILES string of the molecule is CCn1cc(Cl)c(CNC(=O)Nc2cccc3ccccc23)n1. The molecule has 2 aromatic carbocycles. The number of nitrogens with one attached hydrogen (secondary N) is 2. The van der Waals surface area contributed by atoms with Crippen molar-refractivity contribution >= 4 is 34.1 Å². The third-order valence-electron chi connectivity index (χ3n) is 3.57. The molecule has 0 atom stereocenters. The van der Waals surface area contributed by atoms with E-state index < -0.39 is 0 Å². The van der Waals surface area contributed by atoms with Crippen LogP contribution in [0.5, 0.6) is 0 Å². The van der Waals surface area contributed by atoms with E-state index >= 15 is 0 Å². The van der Waals surface area contributed by atoms with Gasteiger partial charge in [-0.3, -0.25) is 4.68 Å². The molecule has 0 saturated heterocycles. The molecular weight excluding hydrogens is 312 g/mol. The molecule has 5 nitrogen and oxygen atoms in total. The molecule has 0 fully saturated rings. The van der Waals surface area contributed by atoms with E-state index in [1.165, 1.54) is 0 Å². The molecule has 0 unspecified atom stereocenters. The first-order chi connectivity index (χ1) is 11.2. The van der Waals surface area contributed by atoms with Crippen LogP contribution in [0.2, 0.25) is 5.02 Å². The summed E-state index contributed by atoms with van der Waals surface area (Å²) in [4.78, 5) is 12.1. The van der Waals surface area contributed by atoms with Gasteiger partial charge in [-0.15, -0.1) is 0 Å². The Kier molecular flexibility index (Phi) is 4.48. The van der Waals surface area contributed by atoms with Gasteiger partial charge in [-0.05, 0) is 18.4 Å². The van der Waals surface area contributed by atoms with E-state index in [9.17, 15) is 4.79 Å². The quantitative estimate of drug-likeness (QED) is 0.759. The Morgan fingerprint density at radius 3 is 2.78 bits per heavy atom. The topological polar surface area (TPSA) is 59.0 Å². The molecule has 0 aliphatic carbocycles. The van der Waals surface area contributed by atoms with Crippen molar-refractivity contribution < 1.29 is 4.79 Å². The average molecular weight is 329 g/mol. The molecular formula is C17H17ClN4O. The van der Waals surface area contributed by atoms with Crippen LogP contribution < -0.4 is 10.6 Å². The fourth-order valence-corrected chi connectivity index (χ4v) is 2.60. The Bertz CT molecular complexity index is 838. The van der Waals surface area contributed by atoms with Crippen LogP contribution in [0.15, 0.2) is 48.7 Å². The summed E-state index contributed by atoms with van der Waals surface area (Å²) in [5.74, 6) is 0. The van der Waals surface area contributed by atoms with Crippen LogP contribution in [0.4, 0.5) is 10.5 Å². The predicted octanol–water partition coefficient (Wildman–Crippen LogP) is 4.03. The van der Waals surface area contributed by atoms with Gasteiger partial charge in [-0.2, -0.15) is 5.10 Å². The van der Waals surface area contributed by atoms with Crippen molar-refractivity contribution in [2.45, 2.75) is 20.0 Å². The molecule has 0 spiro atoms. The summed E-state index contributed by atoms with van der Waals surface area (Å²) in [5.41, 5.74) is 1.42. The fraction of sp³-hybridized carbons (Fsp3) is 0.176. The summed E-state index contributed by atoms with van der Waals surface area (Å²) in [7, 11) is 0. The number of hydrogen-bond acceptors (Lipinski definition) is 2. The maximum absolute atomic E-state index is 12.1. The molecule has 6 heteroatoms. The van der Waals surface area contributed by atoms with Gasteiger partial charge < -0.3 is 10.6 Å². The van der Waals surface area contributed by atoms with Crippen LogP contribution in [-0.4, -0.2) is 15.8 Å². The van der Waals surface area contributed by atoms with Crippen LogP contribution in [0.3, 0.4) is 0 Å². The lowest BCUT2D eigenvalue weighted by Gasteiger charge is -2.09. The van der Waals surface area contributed by atoms with Crippen molar-refractivity contribution in [3.05, 3.63) is 59.4 Å². The molecule has 0 saturated carbocycles. The van der Waals surface area contributed by atoms with Crippen molar-refractivity contribution in [1.82, 2.24) is 15.1 Å². The van der Waals surface area contributed by atoms with Gasteiger partial charge in [-0.1, -0.05) is 48.0 Å². The highest BCUT2D eigenvalue weighted by Crippen LogP contribution is 2.22. The Labute approximate surface area is 139 Å². The number of carbonyl (C=O) groups excluding carboxylic acids is 1. The smallest absolute Gasteiger partial charge is 0.319 e. The minimum Gasteiger partial charge on any atom is -0.332 e. The number of amides is 2. The van der Waals surface area contributed by atoms with E-state index in [1.54, 1.807) is 10.9 Å². The van der Waals surface area contributed by atoms with Gasteiger partial charge in [0.2, 0.25) is 0 Å². The van der Waals surface area contributed by atoms with Crippen LogP contribution in [0.1, 0.15) is 12.6 Å². The molecule has 2 amide bonds. The second-order valence-corrected chi connectivity index (χ2v) is 5.52. The molecule has 0 aliphatic heterocycles. The standard InChI is InChI=1S/C17H17ClN4O/c1-2-22-11-14(18)16(21-22)10-19-17(23)20-15-9-5-7-12-6-3-4-8-13(12)15/h3-9,11H,2,10H2,1H3,(H2,19,20,23). The Morgan fingerprint density at radius 2 is 2.00 bits per heavy atom. The van der Waals surface area contributed by atoms with E-state index in [2.05, 4.69) is 15.7 Å². The van der Waals surface area contributed by atoms with Crippen LogP contribution in [0.25, 0.3) is 10.8 Å². The number of hydrogen-bond donors (Lipinski definition) is 2. The van der Waals surface area contributed by atoms with Crippen molar-refractivity contribution in [3.63, 3.8) is 0 Å². The highest BCUT2D eigenvalue weighted by Gasteiger charge is 2.09. The third kappa shape index (κ3) is 3.46. The van der Waals surface area contributed by atoms with Crippen molar-refractivity contribution in [2.75, 3.05) is 5.32 Å². The Balaban J connectivity index is 1.68. The number of nitrogens with zero attached hydrogens (tertiary/aromatic N) is 2. The zero-order chi connectivity index (χ0) is 16.2. The molecule has 3 rings (SSSR count). The molecule has 0 bridgehead atoms. The third-order valence-corrected chi connectivity index (χ3v) is 3.88. The van der Waals surface area contributed by atoms with Crippen molar-refractivity contribution in [3.8, 4) is 0 Å². The number of rotatable bonds is 4. The summed E-state index contributed by atoms with van der Waals surface area (Å²) >= 11 is 6.09. The van der Waals surface area contributed by atoms with Gasteiger partial charge >= 0.3 is 6.03 Å². The minimum absolute atomic E-state index is 0.280. The molecule has 2 N–H and O–H groups in total. The lowest BCUT2D eigenvalue weighted by molar-refractivity contribution is 0.251. The molecule has 1 heterocycles.